The molecule has 1 aromatic heterocycles. The van der Waals surface area contributed by atoms with E-state index < -0.39 is 8.07 Å². The van der Waals surface area contributed by atoms with Crippen LogP contribution >= 0.6 is 0 Å². The van der Waals surface area contributed by atoms with Gasteiger partial charge < -0.3 is 0 Å². The number of hydrogen-bond donors (Lipinski definition) is 0. The Hall–Kier alpha value is -5.38. The quantitative estimate of drug-likeness (QED) is 0.140. The molecule has 0 amide bonds. The maximum Gasteiger partial charge on any atom is 0.155 e. The molecule has 1 aliphatic heterocycles. The molecule has 49 heavy (non-hydrogen) atoms. The normalized spacial score (nSPS) is 15.3. The van der Waals surface area contributed by atoms with E-state index in [0.717, 1.165) is 29.9 Å². The lowest BCUT2D eigenvalue weighted by atomic mass is 9.91. The van der Waals surface area contributed by atoms with E-state index in [1.807, 2.05) is 0 Å². The number of fused-ring (bicyclic) bond motifs is 8. The van der Waals surface area contributed by atoms with E-state index in [1.165, 1.54) is 81.8 Å². The minimum absolute atomic E-state index is 0.841. The van der Waals surface area contributed by atoms with Gasteiger partial charge in [0.2, 0.25) is 0 Å². The minimum atomic E-state index is -1.98. The van der Waals surface area contributed by atoms with Crippen molar-refractivity contribution in [1.82, 2.24) is 9.97 Å². The molecular weight excluding hydrogens is 609 g/mol. The summed E-state index contributed by atoms with van der Waals surface area (Å²) in [5.41, 5.74) is 10.9. The fourth-order valence-electron chi connectivity index (χ4n) is 8.23. The van der Waals surface area contributed by atoms with Crippen molar-refractivity contribution < 1.29 is 0 Å². The van der Waals surface area contributed by atoms with Crippen molar-refractivity contribution in [3.8, 4) is 33.5 Å². The summed E-state index contributed by atoms with van der Waals surface area (Å²) in [6.07, 6.45) is 9.00. The molecule has 0 saturated heterocycles. The Labute approximate surface area is 289 Å². The van der Waals surface area contributed by atoms with Crippen molar-refractivity contribution in [1.29, 1.82) is 0 Å². The Morgan fingerprint density at radius 3 is 1.76 bits per heavy atom. The van der Waals surface area contributed by atoms with Gasteiger partial charge in [-0.1, -0.05) is 128 Å². The number of nitrogens with zero attached hydrogens (tertiary/aromatic N) is 2. The monoisotopic (exact) mass is 646 g/mol. The van der Waals surface area contributed by atoms with Gasteiger partial charge in [0.25, 0.3) is 0 Å². The number of allylic oxidation sites excluding steroid dienone is 6. The van der Waals surface area contributed by atoms with Gasteiger partial charge in [0.05, 0.1) is 11.4 Å². The van der Waals surface area contributed by atoms with Crippen molar-refractivity contribution >= 4 is 56.7 Å². The van der Waals surface area contributed by atoms with E-state index >= 15 is 0 Å². The highest BCUT2D eigenvalue weighted by atomic mass is 28.3. The Bertz CT molecular complexity index is 2570. The summed E-state index contributed by atoms with van der Waals surface area (Å²) in [5, 5.41) is 10.7. The first-order valence-electron chi connectivity index (χ1n) is 17.4. The van der Waals surface area contributed by atoms with Crippen LogP contribution in [-0.4, -0.2) is 18.0 Å². The average Bonchev–Trinajstić information content (AvgIpc) is 3.40. The maximum atomic E-state index is 5.32. The lowest BCUT2D eigenvalue weighted by Gasteiger charge is -2.23. The third-order valence-corrected chi connectivity index (χ3v) is 14.4. The maximum absolute atomic E-state index is 5.32. The molecule has 0 radical (unpaired) electrons. The zero-order valence-corrected chi connectivity index (χ0v) is 29.5. The van der Waals surface area contributed by atoms with Crippen LogP contribution in [0.1, 0.15) is 38.2 Å². The van der Waals surface area contributed by atoms with Crippen LogP contribution < -0.4 is 5.19 Å². The molecule has 0 spiro atoms. The predicted octanol–water partition coefficient (Wildman–Crippen LogP) is 11.9. The van der Waals surface area contributed by atoms with Crippen LogP contribution in [-0.2, 0) is 0 Å². The van der Waals surface area contributed by atoms with Crippen LogP contribution in [0, 0.1) is 0 Å². The second kappa shape index (κ2) is 11.4. The van der Waals surface area contributed by atoms with Gasteiger partial charge in [-0.2, -0.15) is 0 Å². The zero-order valence-electron chi connectivity index (χ0n) is 28.5. The average molecular weight is 647 g/mol. The van der Waals surface area contributed by atoms with E-state index in [2.05, 4.69) is 160 Å². The molecule has 6 aromatic carbocycles. The van der Waals surface area contributed by atoms with Crippen LogP contribution in [0.2, 0.25) is 13.1 Å². The Kier molecular flexibility index (Phi) is 6.89. The molecule has 236 valence electrons. The van der Waals surface area contributed by atoms with E-state index in [9.17, 15) is 0 Å². The molecule has 3 heteroatoms. The SMILES string of the molecule is CC=C(C)c1nc2c(c(-c3cccc(-c4cccc(-c5ccc6c7ccccc7c7ccccc7c6c5)c4)c3)n1)[Si](C)(C)C1=C2CCC=C1. The van der Waals surface area contributed by atoms with Gasteiger partial charge in [-0.3, -0.25) is 0 Å². The van der Waals surface area contributed by atoms with Crippen molar-refractivity contribution in [2.75, 3.05) is 0 Å². The van der Waals surface area contributed by atoms with Gasteiger partial charge in [0.15, 0.2) is 5.82 Å². The van der Waals surface area contributed by atoms with Gasteiger partial charge in [-0.25, -0.2) is 9.97 Å². The molecule has 7 aromatic rings. The zero-order chi connectivity index (χ0) is 33.3. The first kappa shape index (κ1) is 29.7. The van der Waals surface area contributed by atoms with E-state index in [4.69, 9.17) is 9.97 Å². The third-order valence-electron chi connectivity index (χ3n) is 10.9. The topological polar surface area (TPSA) is 25.8 Å². The smallest absolute Gasteiger partial charge is 0.155 e. The van der Waals surface area contributed by atoms with Crippen molar-refractivity contribution in [2.45, 2.75) is 39.8 Å². The van der Waals surface area contributed by atoms with Crippen molar-refractivity contribution in [2.24, 2.45) is 0 Å². The second-order valence-corrected chi connectivity index (χ2v) is 18.4. The molecule has 0 bridgehead atoms. The lowest BCUT2D eigenvalue weighted by Crippen LogP contribution is -2.43. The summed E-state index contributed by atoms with van der Waals surface area (Å²) in [7, 11) is -1.98. The molecule has 2 aliphatic rings. The van der Waals surface area contributed by atoms with E-state index in [-0.39, 0.29) is 0 Å². The molecule has 0 fully saturated rings. The summed E-state index contributed by atoms with van der Waals surface area (Å²) in [5.74, 6) is 0.841. The molecule has 9 rings (SSSR count). The number of aromatic nitrogens is 2. The first-order chi connectivity index (χ1) is 23.9. The Morgan fingerprint density at radius 1 is 0.592 bits per heavy atom. The fraction of sp³-hybridized carbons (Fsp3) is 0.130. The largest absolute Gasteiger partial charge is 0.229 e. The molecule has 0 N–H and O–H groups in total. The van der Waals surface area contributed by atoms with Crippen LogP contribution in [0.25, 0.3) is 77.0 Å². The number of hydrogen-bond acceptors (Lipinski definition) is 2. The van der Waals surface area contributed by atoms with Gasteiger partial charge in [-0.05, 0) is 121 Å². The van der Waals surface area contributed by atoms with Crippen LogP contribution in [0.4, 0.5) is 0 Å². The minimum Gasteiger partial charge on any atom is -0.229 e. The fourth-order valence-corrected chi connectivity index (χ4v) is 11.6. The number of benzene rings is 6. The van der Waals surface area contributed by atoms with Crippen LogP contribution in [0.15, 0.2) is 139 Å². The molecule has 1 aliphatic carbocycles. The van der Waals surface area contributed by atoms with Crippen molar-refractivity contribution in [3.63, 3.8) is 0 Å². The molecule has 2 heterocycles. The summed E-state index contributed by atoms with van der Waals surface area (Å²) < 4.78 is 0. The standard InChI is InChI=1S/C46H38N2Si/c1-5-29(2)46-47-43(45-44(48-46)40-22-10-11-23-42(40)49(45,3)4)34-17-13-16-32(27-34)30-14-12-15-31(26-30)33-24-25-39-37-20-7-6-18-35(37)36-19-8-9-21-38(36)41(39)28-33/h5-9,11-21,23-28H,10,22H2,1-4H3. The second-order valence-electron chi connectivity index (χ2n) is 14.1. The van der Waals surface area contributed by atoms with Gasteiger partial charge in [-0.15, -0.1) is 0 Å². The highest BCUT2D eigenvalue weighted by Gasteiger charge is 2.43. The van der Waals surface area contributed by atoms with E-state index in [1.54, 1.807) is 0 Å². The predicted molar refractivity (Wildman–Crippen MR) is 213 cm³/mol. The summed E-state index contributed by atoms with van der Waals surface area (Å²) in [6, 6.07) is 42.5. The van der Waals surface area contributed by atoms with E-state index in [0.29, 0.717) is 0 Å². The summed E-state index contributed by atoms with van der Waals surface area (Å²) in [6.45, 7) is 9.15. The molecule has 0 atom stereocenters. The van der Waals surface area contributed by atoms with Gasteiger partial charge in [0.1, 0.15) is 8.07 Å². The molecule has 0 unspecified atom stereocenters. The molecule has 0 saturated carbocycles. The van der Waals surface area contributed by atoms with Crippen LogP contribution in [0.3, 0.4) is 0 Å². The third kappa shape index (κ3) is 4.68. The highest BCUT2D eigenvalue weighted by Crippen LogP contribution is 2.42. The summed E-state index contributed by atoms with van der Waals surface area (Å²) >= 11 is 0. The lowest BCUT2D eigenvalue weighted by molar-refractivity contribution is 1.03. The number of rotatable bonds is 4. The van der Waals surface area contributed by atoms with Crippen molar-refractivity contribution in [3.05, 3.63) is 150 Å². The Balaban J connectivity index is 1.17. The first-order valence-corrected chi connectivity index (χ1v) is 20.4. The van der Waals surface area contributed by atoms with Crippen LogP contribution in [0.5, 0.6) is 0 Å². The summed E-state index contributed by atoms with van der Waals surface area (Å²) in [4.78, 5) is 10.6. The highest BCUT2D eigenvalue weighted by molar-refractivity contribution is 6.99. The molecule has 2 nitrogen and oxygen atoms in total. The Morgan fingerprint density at radius 2 is 1.12 bits per heavy atom. The van der Waals surface area contributed by atoms with Gasteiger partial charge >= 0.3 is 0 Å². The molecular formula is C46H38N2Si. The van der Waals surface area contributed by atoms with Gasteiger partial charge in [0, 0.05) is 5.56 Å².